The molecule has 0 saturated heterocycles. The van der Waals surface area contributed by atoms with Crippen LogP contribution in [0.5, 0.6) is 5.75 Å². The highest BCUT2D eigenvalue weighted by atomic mass is 16.5. The molecule has 4 nitrogen and oxygen atoms in total. The largest absolute Gasteiger partial charge is 0.497 e. The first-order valence-corrected chi connectivity index (χ1v) is 6.08. The fourth-order valence-corrected chi connectivity index (χ4v) is 1.89. The Morgan fingerprint density at radius 2 is 2.24 bits per heavy atom. The van der Waals surface area contributed by atoms with Crippen molar-refractivity contribution < 1.29 is 4.74 Å². The minimum absolute atomic E-state index is 0.735. The summed E-state index contributed by atoms with van der Waals surface area (Å²) in [5, 5.41) is 3.36. The molecule has 0 unspecified atom stereocenters. The summed E-state index contributed by atoms with van der Waals surface area (Å²) in [6, 6.07) is 6.53. The summed E-state index contributed by atoms with van der Waals surface area (Å²) in [7, 11) is 3.82. The van der Waals surface area contributed by atoms with Gasteiger partial charge in [0.15, 0.2) is 0 Å². The van der Waals surface area contributed by atoms with E-state index in [2.05, 4.69) is 17.3 Å². The van der Waals surface area contributed by atoms with Gasteiger partial charge < -0.3 is 20.7 Å². The maximum Gasteiger partial charge on any atom is 0.121 e. The molecule has 1 aromatic rings. The van der Waals surface area contributed by atoms with E-state index in [1.165, 1.54) is 12.8 Å². The fourth-order valence-electron chi connectivity index (χ4n) is 1.89. The van der Waals surface area contributed by atoms with Crippen LogP contribution in [0.3, 0.4) is 0 Å². The summed E-state index contributed by atoms with van der Waals surface area (Å²) in [4.78, 5) is 2.40. The summed E-state index contributed by atoms with van der Waals surface area (Å²) < 4.78 is 5.12. The molecule has 94 valence electrons. The maximum absolute atomic E-state index is 5.93. The molecule has 2 rings (SSSR count). The molecule has 0 atom stereocenters. The van der Waals surface area contributed by atoms with E-state index in [0.29, 0.717) is 0 Å². The zero-order valence-electron chi connectivity index (χ0n) is 10.6. The molecule has 0 radical (unpaired) electrons. The number of hydrogen-bond acceptors (Lipinski definition) is 4. The smallest absolute Gasteiger partial charge is 0.121 e. The molecule has 1 aliphatic rings. The molecule has 1 saturated carbocycles. The van der Waals surface area contributed by atoms with Gasteiger partial charge in [-0.05, 0) is 32.0 Å². The number of anilines is 2. The second-order valence-corrected chi connectivity index (χ2v) is 4.59. The van der Waals surface area contributed by atoms with Crippen LogP contribution in [0.1, 0.15) is 12.8 Å². The molecule has 0 spiro atoms. The fraction of sp³-hybridized carbons (Fsp3) is 0.538. The molecule has 0 heterocycles. The van der Waals surface area contributed by atoms with Crippen molar-refractivity contribution in [3.8, 4) is 5.75 Å². The van der Waals surface area contributed by atoms with Gasteiger partial charge in [0, 0.05) is 25.2 Å². The number of hydrogen-bond donors (Lipinski definition) is 2. The van der Waals surface area contributed by atoms with Crippen molar-refractivity contribution in [3.63, 3.8) is 0 Å². The molecule has 0 aromatic heterocycles. The standard InChI is InChI=1S/C13H21N3O/c1-16(10-3-4-10)8-7-15-13-6-5-11(17-2)9-12(13)14/h5-6,9-10,15H,3-4,7-8,14H2,1-2H3. The number of likely N-dealkylation sites (N-methyl/N-ethyl adjacent to an activating group) is 1. The highest BCUT2D eigenvalue weighted by molar-refractivity contribution is 5.68. The van der Waals surface area contributed by atoms with E-state index in [4.69, 9.17) is 10.5 Å². The van der Waals surface area contributed by atoms with Crippen molar-refractivity contribution in [2.75, 3.05) is 38.3 Å². The predicted octanol–water partition coefficient (Wildman–Crippen LogP) is 1.78. The van der Waals surface area contributed by atoms with Crippen molar-refractivity contribution in [1.29, 1.82) is 0 Å². The second kappa shape index (κ2) is 5.27. The van der Waals surface area contributed by atoms with Gasteiger partial charge in [0.2, 0.25) is 0 Å². The van der Waals surface area contributed by atoms with Crippen LogP contribution in [0.15, 0.2) is 18.2 Å². The SMILES string of the molecule is COc1ccc(NCCN(C)C2CC2)c(N)c1. The van der Waals surface area contributed by atoms with Crippen molar-refractivity contribution >= 4 is 11.4 Å². The molecule has 1 fully saturated rings. The maximum atomic E-state index is 5.93. The van der Waals surface area contributed by atoms with E-state index in [1.54, 1.807) is 7.11 Å². The zero-order valence-corrected chi connectivity index (χ0v) is 10.6. The van der Waals surface area contributed by atoms with Gasteiger partial charge in [-0.1, -0.05) is 0 Å². The molecule has 3 N–H and O–H groups in total. The Bertz CT molecular complexity index is 377. The lowest BCUT2D eigenvalue weighted by Gasteiger charge is -2.17. The Labute approximate surface area is 103 Å². The summed E-state index contributed by atoms with van der Waals surface area (Å²) in [5.41, 5.74) is 7.65. The number of nitrogens with zero attached hydrogens (tertiary/aromatic N) is 1. The molecule has 1 aromatic carbocycles. The minimum Gasteiger partial charge on any atom is -0.497 e. The van der Waals surface area contributed by atoms with Crippen LogP contribution < -0.4 is 15.8 Å². The van der Waals surface area contributed by atoms with Gasteiger partial charge in [-0.3, -0.25) is 0 Å². The van der Waals surface area contributed by atoms with Crippen molar-refractivity contribution in [1.82, 2.24) is 4.90 Å². The van der Waals surface area contributed by atoms with E-state index < -0.39 is 0 Å². The topological polar surface area (TPSA) is 50.5 Å². The lowest BCUT2D eigenvalue weighted by molar-refractivity contribution is 0.337. The first-order valence-electron chi connectivity index (χ1n) is 6.08. The summed E-state index contributed by atoms with van der Waals surface area (Å²) in [6.07, 6.45) is 2.70. The van der Waals surface area contributed by atoms with E-state index in [9.17, 15) is 0 Å². The van der Waals surface area contributed by atoms with Crippen LogP contribution in [0.4, 0.5) is 11.4 Å². The number of nitrogens with one attached hydrogen (secondary N) is 1. The van der Waals surface area contributed by atoms with Gasteiger partial charge in [0.1, 0.15) is 5.75 Å². The van der Waals surface area contributed by atoms with Crippen LogP contribution in [-0.2, 0) is 0 Å². The number of benzene rings is 1. The predicted molar refractivity (Wildman–Crippen MR) is 71.5 cm³/mol. The molecule has 0 aliphatic heterocycles. The van der Waals surface area contributed by atoms with Crippen LogP contribution in [0.2, 0.25) is 0 Å². The Balaban J connectivity index is 1.81. The monoisotopic (exact) mass is 235 g/mol. The summed E-state index contributed by atoms with van der Waals surface area (Å²) >= 11 is 0. The van der Waals surface area contributed by atoms with Crippen molar-refractivity contribution in [2.24, 2.45) is 0 Å². The van der Waals surface area contributed by atoms with Gasteiger partial charge in [-0.2, -0.15) is 0 Å². The number of methoxy groups -OCH3 is 1. The lowest BCUT2D eigenvalue weighted by atomic mass is 10.2. The van der Waals surface area contributed by atoms with E-state index in [1.807, 2.05) is 18.2 Å². The first kappa shape index (κ1) is 12.0. The molecule has 0 bridgehead atoms. The number of nitrogen functional groups attached to an aromatic ring is 1. The quantitative estimate of drug-likeness (QED) is 0.738. The van der Waals surface area contributed by atoms with Crippen molar-refractivity contribution in [3.05, 3.63) is 18.2 Å². The van der Waals surface area contributed by atoms with Gasteiger partial charge in [0.05, 0.1) is 18.5 Å². The van der Waals surface area contributed by atoms with E-state index in [-0.39, 0.29) is 0 Å². The number of nitrogens with two attached hydrogens (primary N) is 1. The van der Waals surface area contributed by atoms with Crippen LogP contribution >= 0.6 is 0 Å². The Kier molecular flexibility index (Phi) is 3.74. The third-order valence-corrected chi connectivity index (χ3v) is 3.21. The van der Waals surface area contributed by atoms with Gasteiger partial charge in [0.25, 0.3) is 0 Å². The molecular weight excluding hydrogens is 214 g/mol. The first-order chi connectivity index (χ1) is 8.20. The van der Waals surface area contributed by atoms with Gasteiger partial charge >= 0.3 is 0 Å². The number of rotatable bonds is 6. The Hall–Kier alpha value is -1.42. The lowest BCUT2D eigenvalue weighted by Crippen LogP contribution is -2.27. The average molecular weight is 235 g/mol. The molecule has 4 heteroatoms. The van der Waals surface area contributed by atoms with Gasteiger partial charge in [-0.15, -0.1) is 0 Å². The Morgan fingerprint density at radius 3 is 2.82 bits per heavy atom. The highest BCUT2D eigenvalue weighted by Crippen LogP contribution is 2.26. The molecule has 17 heavy (non-hydrogen) atoms. The van der Waals surface area contributed by atoms with E-state index in [0.717, 1.165) is 36.3 Å². The second-order valence-electron chi connectivity index (χ2n) is 4.59. The van der Waals surface area contributed by atoms with Crippen LogP contribution in [0.25, 0.3) is 0 Å². The minimum atomic E-state index is 0.735. The summed E-state index contributed by atoms with van der Waals surface area (Å²) in [5.74, 6) is 0.795. The molecule has 1 aliphatic carbocycles. The highest BCUT2D eigenvalue weighted by Gasteiger charge is 2.25. The molecule has 0 amide bonds. The average Bonchev–Trinajstić information content (AvgIpc) is 3.15. The third-order valence-electron chi connectivity index (χ3n) is 3.21. The van der Waals surface area contributed by atoms with Gasteiger partial charge in [-0.25, -0.2) is 0 Å². The third kappa shape index (κ3) is 3.27. The molecular formula is C13H21N3O. The Morgan fingerprint density at radius 1 is 1.47 bits per heavy atom. The van der Waals surface area contributed by atoms with E-state index >= 15 is 0 Å². The number of ether oxygens (including phenoxy) is 1. The summed E-state index contributed by atoms with van der Waals surface area (Å²) in [6.45, 7) is 1.97. The van der Waals surface area contributed by atoms with Crippen molar-refractivity contribution in [2.45, 2.75) is 18.9 Å². The van der Waals surface area contributed by atoms with Crippen LogP contribution in [-0.4, -0.2) is 38.2 Å². The zero-order chi connectivity index (χ0) is 12.3. The normalized spacial score (nSPS) is 15.0. The van der Waals surface area contributed by atoms with Crippen LogP contribution in [0, 0.1) is 0 Å².